The first kappa shape index (κ1) is 14.6. The minimum Gasteiger partial charge on any atom is -0.459 e. The Hall–Kier alpha value is -1.36. The summed E-state index contributed by atoms with van der Waals surface area (Å²) in [6, 6.07) is 8.41. The number of rotatable bonds is 5. The molecule has 2 heterocycles. The largest absolute Gasteiger partial charge is 0.459 e. The Labute approximate surface area is 125 Å². The summed E-state index contributed by atoms with van der Waals surface area (Å²) in [6.07, 6.45) is 1.08. The van der Waals surface area contributed by atoms with E-state index in [2.05, 4.69) is 37.4 Å². The van der Waals surface area contributed by atoms with Crippen molar-refractivity contribution < 1.29 is 13.9 Å². The maximum absolute atomic E-state index is 6.04. The number of hydrogen-bond donors (Lipinski definition) is 1. The molecule has 0 bridgehead atoms. The fraction of sp³-hybridized carbons (Fsp3) is 0.529. The van der Waals surface area contributed by atoms with Gasteiger partial charge in [-0.2, -0.15) is 0 Å². The molecular weight excluding hydrogens is 266 g/mol. The number of furan rings is 1. The van der Waals surface area contributed by atoms with Crippen molar-refractivity contribution in [2.75, 3.05) is 26.4 Å². The van der Waals surface area contributed by atoms with Crippen molar-refractivity contribution >= 4 is 11.0 Å². The summed E-state index contributed by atoms with van der Waals surface area (Å²) in [5.74, 6) is 0.930. The van der Waals surface area contributed by atoms with Gasteiger partial charge in [-0.15, -0.1) is 0 Å². The molecule has 4 nitrogen and oxygen atoms in total. The lowest BCUT2D eigenvalue weighted by molar-refractivity contribution is -0.104. The Balaban J connectivity index is 1.88. The third kappa shape index (κ3) is 3.28. The summed E-state index contributed by atoms with van der Waals surface area (Å²) in [5.41, 5.74) is 2.17. The van der Waals surface area contributed by atoms with Gasteiger partial charge in [0.1, 0.15) is 17.4 Å². The van der Waals surface area contributed by atoms with Gasteiger partial charge in [0.2, 0.25) is 0 Å². The van der Waals surface area contributed by atoms with Crippen molar-refractivity contribution in [2.45, 2.75) is 32.4 Å². The van der Waals surface area contributed by atoms with Crippen LogP contribution in [0.5, 0.6) is 0 Å². The van der Waals surface area contributed by atoms with Crippen LogP contribution >= 0.6 is 0 Å². The van der Waals surface area contributed by atoms with E-state index in [-0.39, 0.29) is 12.1 Å². The number of fused-ring (bicyclic) bond motifs is 1. The van der Waals surface area contributed by atoms with Crippen molar-refractivity contribution in [3.63, 3.8) is 0 Å². The molecular formula is C17H23NO3. The first-order valence-electron chi connectivity index (χ1n) is 7.70. The summed E-state index contributed by atoms with van der Waals surface area (Å²) in [4.78, 5) is 0. The van der Waals surface area contributed by atoms with Gasteiger partial charge in [-0.25, -0.2) is 0 Å². The van der Waals surface area contributed by atoms with E-state index in [4.69, 9.17) is 13.9 Å². The van der Waals surface area contributed by atoms with Gasteiger partial charge in [-0.05, 0) is 38.1 Å². The van der Waals surface area contributed by atoms with E-state index in [1.54, 1.807) is 0 Å². The van der Waals surface area contributed by atoms with Gasteiger partial charge >= 0.3 is 0 Å². The van der Waals surface area contributed by atoms with Crippen molar-refractivity contribution in [1.82, 2.24) is 5.32 Å². The van der Waals surface area contributed by atoms with Crippen LogP contribution in [0.15, 0.2) is 28.7 Å². The number of nitrogens with one attached hydrogen (secondary N) is 1. The fourth-order valence-electron chi connectivity index (χ4n) is 2.75. The smallest absolute Gasteiger partial charge is 0.134 e. The van der Waals surface area contributed by atoms with Gasteiger partial charge in [-0.3, -0.25) is 0 Å². The Morgan fingerprint density at radius 3 is 2.95 bits per heavy atom. The van der Waals surface area contributed by atoms with Gasteiger partial charge in [0.05, 0.1) is 25.9 Å². The number of hydrogen-bond acceptors (Lipinski definition) is 4. The molecule has 1 aliphatic heterocycles. The molecule has 0 radical (unpaired) electrons. The standard InChI is InChI=1S/C17H23NO3/c1-3-6-18-17(16-11-19-7-8-20-16)15-10-13-9-12(2)4-5-14(13)21-15/h4-5,9-10,16-18H,3,6-8,11H2,1-2H3. The first-order chi connectivity index (χ1) is 10.3. The maximum Gasteiger partial charge on any atom is 0.134 e. The second-order valence-electron chi connectivity index (χ2n) is 5.61. The van der Waals surface area contributed by atoms with E-state index in [0.29, 0.717) is 19.8 Å². The molecule has 2 unspecified atom stereocenters. The molecule has 1 fully saturated rings. The van der Waals surface area contributed by atoms with Crippen LogP contribution in [0.4, 0.5) is 0 Å². The summed E-state index contributed by atoms with van der Waals surface area (Å²) in [5, 5.41) is 4.68. The van der Waals surface area contributed by atoms with Crippen LogP contribution in [-0.4, -0.2) is 32.5 Å². The second-order valence-corrected chi connectivity index (χ2v) is 5.61. The van der Waals surface area contributed by atoms with Crippen LogP contribution in [0.25, 0.3) is 11.0 Å². The molecule has 0 spiro atoms. The van der Waals surface area contributed by atoms with Gasteiger partial charge in [0, 0.05) is 5.39 Å². The summed E-state index contributed by atoms with van der Waals surface area (Å²) in [6.45, 7) is 7.12. The molecule has 2 atom stereocenters. The quantitative estimate of drug-likeness (QED) is 0.918. The summed E-state index contributed by atoms with van der Waals surface area (Å²) >= 11 is 0. The van der Waals surface area contributed by atoms with E-state index in [1.807, 2.05) is 6.07 Å². The zero-order valence-corrected chi connectivity index (χ0v) is 12.7. The highest BCUT2D eigenvalue weighted by atomic mass is 16.6. The lowest BCUT2D eigenvalue weighted by Crippen LogP contribution is -2.40. The average molecular weight is 289 g/mol. The molecule has 1 N–H and O–H groups in total. The van der Waals surface area contributed by atoms with Gasteiger partial charge < -0.3 is 19.2 Å². The molecule has 21 heavy (non-hydrogen) atoms. The second kappa shape index (κ2) is 6.60. The molecule has 1 aliphatic rings. The van der Waals surface area contributed by atoms with Crippen LogP contribution in [0, 0.1) is 6.92 Å². The molecule has 3 rings (SSSR count). The third-order valence-corrected chi connectivity index (χ3v) is 3.83. The first-order valence-corrected chi connectivity index (χ1v) is 7.70. The van der Waals surface area contributed by atoms with Crippen LogP contribution in [0.3, 0.4) is 0 Å². The number of ether oxygens (including phenoxy) is 2. The van der Waals surface area contributed by atoms with E-state index in [9.17, 15) is 0 Å². The van der Waals surface area contributed by atoms with E-state index in [0.717, 1.165) is 29.7 Å². The molecule has 0 aliphatic carbocycles. The van der Waals surface area contributed by atoms with Crippen molar-refractivity contribution in [3.8, 4) is 0 Å². The minimum atomic E-state index is 0.00644. The lowest BCUT2D eigenvalue weighted by atomic mass is 10.1. The molecule has 0 amide bonds. The monoisotopic (exact) mass is 289 g/mol. The number of aryl methyl sites for hydroxylation is 1. The van der Waals surface area contributed by atoms with Crippen LogP contribution in [-0.2, 0) is 9.47 Å². The fourth-order valence-corrected chi connectivity index (χ4v) is 2.75. The molecule has 1 aromatic carbocycles. The molecule has 114 valence electrons. The highest BCUT2D eigenvalue weighted by Gasteiger charge is 2.28. The Kier molecular flexibility index (Phi) is 4.58. The molecule has 4 heteroatoms. The van der Waals surface area contributed by atoms with Gasteiger partial charge in [0.15, 0.2) is 0 Å². The van der Waals surface area contributed by atoms with Gasteiger partial charge in [-0.1, -0.05) is 18.6 Å². The summed E-state index contributed by atoms with van der Waals surface area (Å²) in [7, 11) is 0. The molecule has 2 aromatic rings. The van der Waals surface area contributed by atoms with Crippen LogP contribution < -0.4 is 5.32 Å². The normalized spacial score (nSPS) is 20.8. The lowest BCUT2D eigenvalue weighted by Gasteiger charge is -2.29. The molecule has 0 saturated carbocycles. The third-order valence-electron chi connectivity index (χ3n) is 3.83. The highest BCUT2D eigenvalue weighted by Crippen LogP contribution is 2.28. The van der Waals surface area contributed by atoms with Crippen molar-refractivity contribution in [1.29, 1.82) is 0 Å². The van der Waals surface area contributed by atoms with E-state index in [1.165, 1.54) is 5.56 Å². The molecule has 1 saturated heterocycles. The van der Waals surface area contributed by atoms with Crippen LogP contribution in [0.1, 0.15) is 30.7 Å². The SMILES string of the molecule is CCCNC(c1cc2cc(C)ccc2o1)C1COCCO1. The predicted octanol–water partition coefficient (Wildman–Crippen LogP) is 3.20. The Morgan fingerprint density at radius 1 is 1.29 bits per heavy atom. The highest BCUT2D eigenvalue weighted by molar-refractivity contribution is 5.78. The Morgan fingerprint density at radius 2 is 2.19 bits per heavy atom. The average Bonchev–Trinajstić information content (AvgIpc) is 2.91. The summed E-state index contributed by atoms with van der Waals surface area (Å²) < 4.78 is 17.5. The zero-order valence-electron chi connectivity index (χ0n) is 12.7. The zero-order chi connectivity index (χ0) is 14.7. The predicted molar refractivity (Wildman–Crippen MR) is 82.5 cm³/mol. The van der Waals surface area contributed by atoms with E-state index < -0.39 is 0 Å². The topological polar surface area (TPSA) is 43.6 Å². The minimum absolute atomic E-state index is 0.00644. The van der Waals surface area contributed by atoms with Crippen LogP contribution in [0.2, 0.25) is 0 Å². The molecule has 1 aromatic heterocycles. The van der Waals surface area contributed by atoms with Crippen molar-refractivity contribution in [2.24, 2.45) is 0 Å². The Bertz CT molecular complexity index is 587. The van der Waals surface area contributed by atoms with E-state index >= 15 is 0 Å². The maximum atomic E-state index is 6.04. The van der Waals surface area contributed by atoms with Crippen molar-refractivity contribution in [3.05, 3.63) is 35.6 Å². The van der Waals surface area contributed by atoms with Gasteiger partial charge in [0.25, 0.3) is 0 Å². The number of benzene rings is 1.